The Morgan fingerprint density at radius 3 is 1.89 bits per heavy atom. The van der Waals surface area contributed by atoms with Gasteiger partial charge in [-0.1, -0.05) is 6.92 Å². The lowest BCUT2D eigenvalue weighted by Crippen LogP contribution is -2.29. The fraction of sp³-hybridized carbons (Fsp3) is 0.417. The summed E-state index contributed by atoms with van der Waals surface area (Å²) < 4.78 is 57.1. The molecule has 0 atom stereocenters. The van der Waals surface area contributed by atoms with Gasteiger partial charge in [-0.3, -0.25) is 4.79 Å². The summed E-state index contributed by atoms with van der Waals surface area (Å²) in [5.74, 6) is -12.3. The second kappa shape index (κ2) is 5.07. The first-order chi connectivity index (χ1) is 8.63. The van der Waals surface area contributed by atoms with Crippen molar-refractivity contribution in [1.82, 2.24) is 0 Å². The summed E-state index contributed by atoms with van der Waals surface area (Å²) in [4.78, 5) is 11.6. The number of phenols is 1. The maximum atomic E-state index is 13.3. The number of hydrogen-bond donors (Lipinski definition) is 1. The molecule has 0 radical (unpaired) electrons. The van der Waals surface area contributed by atoms with Gasteiger partial charge < -0.3 is 9.84 Å². The molecule has 0 saturated heterocycles. The van der Waals surface area contributed by atoms with Crippen molar-refractivity contribution in [1.29, 1.82) is 0 Å². The van der Waals surface area contributed by atoms with Gasteiger partial charge >= 0.3 is 5.97 Å². The van der Waals surface area contributed by atoms with E-state index in [2.05, 4.69) is 4.74 Å². The van der Waals surface area contributed by atoms with E-state index in [-0.39, 0.29) is 6.42 Å². The van der Waals surface area contributed by atoms with E-state index in [1.165, 1.54) is 13.8 Å². The Kier molecular flexibility index (Phi) is 4.07. The van der Waals surface area contributed by atoms with Crippen molar-refractivity contribution in [3.8, 4) is 11.5 Å². The predicted octanol–water partition coefficient (Wildman–Crippen LogP) is 3.29. The highest BCUT2D eigenvalue weighted by molar-refractivity contribution is 5.78. The number of carbonyl (C=O) groups is 1. The van der Waals surface area contributed by atoms with Gasteiger partial charge in [-0.05, 0) is 20.3 Å². The number of halogens is 4. The topological polar surface area (TPSA) is 46.5 Å². The van der Waals surface area contributed by atoms with Gasteiger partial charge in [-0.15, -0.1) is 0 Å². The molecule has 3 nitrogen and oxygen atoms in total. The van der Waals surface area contributed by atoms with Gasteiger partial charge in [0.1, 0.15) is 0 Å². The van der Waals surface area contributed by atoms with Crippen LogP contribution in [-0.4, -0.2) is 11.1 Å². The number of benzene rings is 1. The first kappa shape index (κ1) is 15.3. The molecule has 0 bridgehead atoms. The first-order valence-electron chi connectivity index (χ1n) is 5.40. The Morgan fingerprint density at radius 1 is 1.11 bits per heavy atom. The molecule has 1 N–H and O–H groups in total. The van der Waals surface area contributed by atoms with E-state index in [0.717, 1.165) is 0 Å². The molecule has 0 aliphatic rings. The van der Waals surface area contributed by atoms with Crippen LogP contribution in [0.5, 0.6) is 11.5 Å². The minimum Gasteiger partial charge on any atom is -0.503 e. The Hall–Kier alpha value is -1.79. The van der Waals surface area contributed by atoms with Crippen molar-refractivity contribution in [2.75, 3.05) is 0 Å². The minimum absolute atomic E-state index is 0.290. The van der Waals surface area contributed by atoms with Crippen LogP contribution < -0.4 is 4.74 Å². The van der Waals surface area contributed by atoms with Crippen molar-refractivity contribution >= 4 is 5.97 Å². The van der Waals surface area contributed by atoms with E-state index in [1.807, 2.05) is 0 Å². The van der Waals surface area contributed by atoms with Gasteiger partial charge in [0.2, 0.25) is 29.0 Å². The Labute approximate surface area is 106 Å². The minimum atomic E-state index is -2.02. The van der Waals surface area contributed by atoms with Crippen LogP contribution in [0.2, 0.25) is 0 Å². The van der Waals surface area contributed by atoms with Crippen LogP contribution in [0.15, 0.2) is 0 Å². The molecule has 0 amide bonds. The Morgan fingerprint density at radius 2 is 1.53 bits per heavy atom. The summed E-state index contributed by atoms with van der Waals surface area (Å²) in [6.45, 7) is 4.52. The normalized spacial score (nSPS) is 11.5. The van der Waals surface area contributed by atoms with Crippen molar-refractivity contribution < 1.29 is 32.2 Å². The molecule has 1 rings (SSSR count). The van der Waals surface area contributed by atoms with Gasteiger partial charge in [0.15, 0.2) is 5.75 Å². The number of hydrogen-bond acceptors (Lipinski definition) is 3. The summed E-state index contributed by atoms with van der Waals surface area (Å²) in [6.07, 6.45) is 0.290. The molecule has 0 heterocycles. The lowest BCUT2D eigenvalue weighted by molar-refractivity contribution is -0.144. The number of carbonyl (C=O) groups excluding carboxylic acids is 1. The van der Waals surface area contributed by atoms with E-state index in [9.17, 15) is 22.4 Å². The predicted molar refractivity (Wildman–Crippen MR) is 57.6 cm³/mol. The van der Waals surface area contributed by atoms with Gasteiger partial charge in [-0.25, -0.2) is 0 Å². The Balaban J connectivity index is 3.27. The molecule has 1 aromatic rings. The molecular formula is C12H12F4O3. The monoisotopic (exact) mass is 280 g/mol. The van der Waals surface area contributed by atoms with E-state index in [1.54, 1.807) is 6.92 Å². The van der Waals surface area contributed by atoms with E-state index in [0.29, 0.717) is 0 Å². The molecule has 0 aliphatic heterocycles. The third-order valence-corrected chi connectivity index (χ3v) is 2.83. The van der Waals surface area contributed by atoms with E-state index in [4.69, 9.17) is 5.11 Å². The third kappa shape index (κ3) is 2.64. The summed E-state index contributed by atoms with van der Waals surface area (Å²) in [7, 11) is 0. The van der Waals surface area contributed by atoms with Gasteiger partial charge in [-0.2, -0.15) is 17.6 Å². The molecule has 0 unspecified atom stereocenters. The van der Waals surface area contributed by atoms with Crippen LogP contribution in [0, 0.1) is 28.7 Å². The first-order valence-corrected chi connectivity index (χ1v) is 5.40. The van der Waals surface area contributed by atoms with Crippen molar-refractivity contribution in [3.05, 3.63) is 23.3 Å². The lowest BCUT2D eigenvalue weighted by Gasteiger charge is -2.20. The average molecular weight is 280 g/mol. The number of ether oxygens (including phenoxy) is 1. The maximum Gasteiger partial charge on any atom is 0.317 e. The molecule has 0 aliphatic carbocycles. The largest absolute Gasteiger partial charge is 0.503 e. The third-order valence-electron chi connectivity index (χ3n) is 2.83. The van der Waals surface area contributed by atoms with Crippen LogP contribution in [0.25, 0.3) is 0 Å². The van der Waals surface area contributed by atoms with Crippen LogP contribution in [0.1, 0.15) is 27.2 Å². The number of phenolic OH excluding ortho intramolecular Hbond substituents is 1. The van der Waals surface area contributed by atoms with Crippen LogP contribution in [-0.2, 0) is 4.79 Å². The number of esters is 1. The molecule has 0 spiro atoms. The van der Waals surface area contributed by atoms with Crippen LogP contribution in [0.3, 0.4) is 0 Å². The molecule has 7 heteroatoms. The van der Waals surface area contributed by atoms with Gasteiger partial charge in [0.05, 0.1) is 5.41 Å². The molecule has 0 fully saturated rings. The smallest absolute Gasteiger partial charge is 0.317 e. The highest BCUT2D eigenvalue weighted by Crippen LogP contribution is 2.35. The zero-order valence-electron chi connectivity index (χ0n) is 10.5. The standard InChI is InChI=1S/C12H12F4O3/c1-4-12(2,3)11(18)19-10-7(15)5(13)9(17)6(14)8(10)16/h17H,4H2,1-3H3. The van der Waals surface area contributed by atoms with Crippen LogP contribution >= 0.6 is 0 Å². The fourth-order valence-electron chi connectivity index (χ4n) is 1.06. The van der Waals surface area contributed by atoms with Crippen molar-refractivity contribution in [2.45, 2.75) is 27.2 Å². The maximum absolute atomic E-state index is 13.3. The average Bonchev–Trinajstić information content (AvgIpc) is 2.38. The lowest BCUT2D eigenvalue weighted by atomic mass is 9.91. The van der Waals surface area contributed by atoms with Crippen LogP contribution in [0.4, 0.5) is 17.6 Å². The number of aromatic hydroxyl groups is 1. The van der Waals surface area contributed by atoms with Gasteiger partial charge in [0, 0.05) is 0 Å². The molecule has 0 aromatic heterocycles. The highest BCUT2D eigenvalue weighted by atomic mass is 19.2. The highest BCUT2D eigenvalue weighted by Gasteiger charge is 2.33. The summed E-state index contributed by atoms with van der Waals surface area (Å²) in [6, 6.07) is 0. The summed E-state index contributed by atoms with van der Waals surface area (Å²) >= 11 is 0. The second-order valence-electron chi connectivity index (χ2n) is 4.56. The fourth-order valence-corrected chi connectivity index (χ4v) is 1.06. The summed E-state index contributed by atoms with van der Waals surface area (Å²) in [5.41, 5.74) is -1.08. The quantitative estimate of drug-likeness (QED) is 0.400. The van der Waals surface area contributed by atoms with E-state index < -0.39 is 46.2 Å². The molecule has 19 heavy (non-hydrogen) atoms. The molecule has 0 saturated carbocycles. The second-order valence-corrected chi connectivity index (χ2v) is 4.56. The zero-order chi connectivity index (χ0) is 15.0. The van der Waals surface area contributed by atoms with Gasteiger partial charge in [0.25, 0.3) is 0 Å². The molecule has 106 valence electrons. The number of rotatable bonds is 3. The molecule has 1 aromatic carbocycles. The van der Waals surface area contributed by atoms with Crippen molar-refractivity contribution in [2.24, 2.45) is 5.41 Å². The van der Waals surface area contributed by atoms with E-state index >= 15 is 0 Å². The van der Waals surface area contributed by atoms with Crippen molar-refractivity contribution in [3.63, 3.8) is 0 Å². The zero-order valence-corrected chi connectivity index (χ0v) is 10.5. The SMILES string of the molecule is CCC(C)(C)C(=O)Oc1c(F)c(F)c(O)c(F)c1F. The molecular weight excluding hydrogens is 268 g/mol. The summed E-state index contributed by atoms with van der Waals surface area (Å²) in [5, 5.41) is 8.76. The Bertz CT molecular complexity index is 497.